The third-order valence-electron chi connectivity index (χ3n) is 6.31. The Hall–Kier alpha value is -3.33. The Kier molecular flexibility index (Phi) is 9.48. The number of ether oxygens (including phenoxy) is 1. The maximum absolute atomic E-state index is 13.1. The number of aryl methyl sites for hydroxylation is 2. The highest BCUT2D eigenvalue weighted by molar-refractivity contribution is 7.14. The van der Waals surface area contributed by atoms with Gasteiger partial charge in [-0.1, -0.05) is 45.0 Å². The van der Waals surface area contributed by atoms with Crippen LogP contribution in [0.5, 0.6) is 5.75 Å². The lowest BCUT2D eigenvalue weighted by atomic mass is 9.85. The molecule has 0 unspecified atom stereocenters. The van der Waals surface area contributed by atoms with E-state index in [4.69, 9.17) is 9.84 Å². The average molecular weight is 562 g/mol. The second-order valence-corrected chi connectivity index (χ2v) is 11.7. The Balaban J connectivity index is 1.84. The molecule has 3 rings (SSSR count). The molecule has 0 aliphatic carbocycles. The van der Waals surface area contributed by atoms with Gasteiger partial charge in [-0.05, 0) is 77.8 Å². The quantitative estimate of drug-likeness (QED) is 0.263. The highest BCUT2D eigenvalue weighted by Crippen LogP contribution is 2.37. The van der Waals surface area contributed by atoms with Crippen LogP contribution in [0.3, 0.4) is 0 Å². The fourth-order valence-corrected chi connectivity index (χ4v) is 5.31. The number of amides is 1. The topological polar surface area (TPSA) is 75.6 Å². The molecule has 0 bridgehead atoms. The Morgan fingerprint density at radius 3 is 2.15 bits per heavy atom. The van der Waals surface area contributed by atoms with Crippen molar-refractivity contribution in [3.05, 3.63) is 75.0 Å². The summed E-state index contributed by atoms with van der Waals surface area (Å²) in [4.78, 5) is 23.8. The van der Waals surface area contributed by atoms with E-state index in [1.807, 2.05) is 26.0 Å². The van der Waals surface area contributed by atoms with Crippen molar-refractivity contribution in [2.24, 2.45) is 0 Å². The molecule has 1 aromatic heterocycles. The smallest absolute Gasteiger partial charge is 0.389 e. The zero-order valence-electron chi connectivity index (χ0n) is 22.7. The molecule has 0 aliphatic rings. The summed E-state index contributed by atoms with van der Waals surface area (Å²) in [6.45, 7) is 10.3. The number of aliphatic carboxylic acids is 1. The molecule has 3 aromatic rings. The Morgan fingerprint density at radius 1 is 1.00 bits per heavy atom. The second kappa shape index (κ2) is 12.2. The van der Waals surface area contributed by atoms with Gasteiger partial charge in [-0.2, -0.15) is 13.2 Å². The lowest BCUT2D eigenvalue weighted by Gasteiger charge is -2.22. The number of benzene rings is 2. The van der Waals surface area contributed by atoms with E-state index in [0.717, 1.165) is 33.6 Å². The molecule has 1 amide bonds. The minimum Gasteiger partial charge on any atom is -0.485 e. The summed E-state index contributed by atoms with van der Waals surface area (Å²) in [5, 5.41) is 11.2. The highest BCUT2D eigenvalue weighted by Gasteiger charge is 2.30. The molecule has 5 nitrogen and oxygen atoms in total. The lowest BCUT2D eigenvalue weighted by molar-refractivity contribution is -0.139. The number of hydrogen-bond acceptors (Lipinski definition) is 4. The van der Waals surface area contributed by atoms with Crippen LogP contribution in [0.25, 0.3) is 11.1 Å². The molecule has 2 N–H and O–H groups in total. The molecule has 39 heavy (non-hydrogen) atoms. The van der Waals surface area contributed by atoms with E-state index in [1.54, 1.807) is 6.07 Å². The first-order valence-corrected chi connectivity index (χ1v) is 13.5. The van der Waals surface area contributed by atoms with Gasteiger partial charge in [0, 0.05) is 17.8 Å². The number of alkyl halides is 3. The van der Waals surface area contributed by atoms with Gasteiger partial charge >= 0.3 is 12.1 Å². The summed E-state index contributed by atoms with van der Waals surface area (Å²) in [6, 6.07) is 15.1. The molecule has 0 saturated carbocycles. The zero-order valence-corrected chi connectivity index (χ0v) is 23.6. The van der Waals surface area contributed by atoms with Crippen LogP contribution in [0.2, 0.25) is 0 Å². The van der Waals surface area contributed by atoms with E-state index in [2.05, 4.69) is 50.4 Å². The number of halogens is 3. The number of carboxylic acid groups (broad SMARTS) is 1. The minimum atomic E-state index is -4.36. The van der Waals surface area contributed by atoms with Gasteiger partial charge in [0.2, 0.25) is 0 Å². The normalized spacial score (nSPS) is 12.7. The predicted molar refractivity (Wildman–Crippen MR) is 148 cm³/mol. The highest BCUT2D eigenvalue weighted by atomic mass is 32.1. The zero-order chi connectivity index (χ0) is 29.0. The van der Waals surface area contributed by atoms with E-state index in [1.165, 1.54) is 11.6 Å². The molecule has 9 heteroatoms. The number of carbonyl (C=O) groups is 2. The van der Waals surface area contributed by atoms with Crippen LogP contribution < -0.4 is 10.1 Å². The van der Waals surface area contributed by atoms with E-state index in [0.29, 0.717) is 10.6 Å². The molecular formula is C30H34F3NO4S. The van der Waals surface area contributed by atoms with Gasteiger partial charge in [0.1, 0.15) is 11.9 Å². The third-order valence-corrected chi connectivity index (χ3v) is 7.48. The van der Waals surface area contributed by atoms with Gasteiger partial charge in [-0.25, -0.2) is 0 Å². The molecule has 0 radical (unpaired) electrons. The predicted octanol–water partition coefficient (Wildman–Crippen LogP) is 8.00. The molecule has 0 fully saturated rings. The molecule has 2 aromatic carbocycles. The van der Waals surface area contributed by atoms with Crippen molar-refractivity contribution in [3.8, 4) is 16.9 Å². The maximum atomic E-state index is 13.1. The van der Waals surface area contributed by atoms with Gasteiger partial charge in [-0.3, -0.25) is 9.59 Å². The molecular weight excluding hydrogens is 527 g/mol. The molecule has 0 aliphatic heterocycles. The first-order valence-electron chi connectivity index (χ1n) is 12.7. The number of hydrogen-bond donors (Lipinski definition) is 2. The number of carbonyl (C=O) groups excluding carboxylic acids is 1. The van der Waals surface area contributed by atoms with Gasteiger partial charge in [0.05, 0.1) is 11.3 Å². The van der Waals surface area contributed by atoms with Crippen molar-refractivity contribution in [1.29, 1.82) is 0 Å². The molecule has 0 spiro atoms. The van der Waals surface area contributed by atoms with Crippen LogP contribution in [-0.2, 0) is 10.2 Å². The van der Waals surface area contributed by atoms with Crippen molar-refractivity contribution in [3.63, 3.8) is 0 Å². The van der Waals surface area contributed by atoms with E-state index < -0.39 is 30.6 Å². The Bertz CT molecular complexity index is 1280. The summed E-state index contributed by atoms with van der Waals surface area (Å²) < 4.78 is 45.5. The van der Waals surface area contributed by atoms with Crippen molar-refractivity contribution in [1.82, 2.24) is 5.32 Å². The number of nitrogens with one attached hydrogen (secondary N) is 1. The molecule has 0 saturated heterocycles. The van der Waals surface area contributed by atoms with E-state index in [9.17, 15) is 22.8 Å². The fraction of sp³-hybridized carbons (Fsp3) is 0.400. The van der Waals surface area contributed by atoms with Crippen LogP contribution in [0.15, 0.2) is 48.5 Å². The van der Waals surface area contributed by atoms with Crippen molar-refractivity contribution >= 4 is 23.2 Å². The van der Waals surface area contributed by atoms with E-state index in [-0.39, 0.29) is 29.7 Å². The summed E-state index contributed by atoms with van der Waals surface area (Å²) in [5.41, 5.74) is 5.23. The largest absolute Gasteiger partial charge is 0.485 e. The third kappa shape index (κ3) is 8.58. The Morgan fingerprint density at radius 2 is 1.62 bits per heavy atom. The van der Waals surface area contributed by atoms with Gasteiger partial charge in [-0.15, -0.1) is 11.3 Å². The van der Waals surface area contributed by atoms with Gasteiger partial charge < -0.3 is 15.2 Å². The number of rotatable bonds is 10. The SMILES string of the molecule is Cc1cc(O[C@H](CCC(F)(F)F)c2ccc(C(=O)NCCC(=O)O)s2)cc(C)c1-c1ccc(C(C)(C)C)cc1. The monoisotopic (exact) mass is 561 g/mol. The van der Waals surface area contributed by atoms with Crippen molar-refractivity contribution < 1.29 is 32.6 Å². The minimum absolute atomic E-state index is 0.0343. The molecule has 210 valence electrons. The lowest BCUT2D eigenvalue weighted by Crippen LogP contribution is -2.25. The number of carboxylic acids is 1. The Labute approximate surface area is 231 Å². The summed E-state index contributed by atoms with van der Waals surface area (Å²) in [5.74, 6) is -1.06. The maximum Gasteiger partial charge on any atom is 0.389 e. The van der Waals surface area contributed by atoms with Crippen LogP contribution >= 0.6 is 11.3 Å². The van der Waals surface area contributed by atoms with Gasteiger partial charge in [0.15, 0.2) is 0 Å². The van der Waals surface area contributed by atoms with Crippen LogP contribution in [0.1, 0.15) is 77.4 Å². The summed E-state index contributed by atoms with van der Waals surface area (Å²) in [7, 11) is 0. The number of thiophene rings is 1. The van der Waals surface area contributed by atoms with Crippen LogP contribution in [-0.4, -0.2) is 29.7 Å². The van der Waals surface area contributed by atoms with Crippen LogP contribution in [0, 0.1) is 13.8 Å². The molecule has 1 heterocycles. The second-order valence-electron chi connectivity index (χ2n) is 10.6. The summed E-state index contributed by atoms with van der Waals surface area (Å²) >= 11 is 1.04. The fourth-order valence-electron chi connectivity index (χ4n) is 4.32. The van der Waals surface area contributed by atoms with E-state index >= 15 is 0 Å². The first kappa shape index (κ1) is 30.2. The standard InChI is InChI=1S/C30H34F3NO4S/c1-18-16-22(17-19(2)27(18)20-6-8-21(9-7-20)29(3,4)5)38-23(12-14-30(31,32)33)24-10-11-25(39-24)28(37)34-15-13-26(35)36/h6-11,16-17,23H,12-15H2,1-5H3,(H,34,37)(H,35,36)/t23-/m1/s1. The van der Waals surface area contributed by atoms with Crippen LogP contribution in [0.4, 0.5) is 13.2 Å². The first-order chi connectivity index (χ1) is 18.1. The molecule has 1 atom stereocenters. The van der Waals surface area contributed by atoms with Crippen molar-refractivity contribution in [2.45, 2.75) is 71.6 Å². The summed E-state index contributed by atoms with van der Waals surface area (Å²) in [6.07, 6.45) is -6.83. The van der Waals surface area contributed by atoms with Gasteiger partial charge in [0.25, 0.3) is 5.91 Å². The van der Waals surface area contributed by atoms with Crippen molar-refractivity contribution in [2.75, 3.05) is 6.54 Å². The average Bonchev–Trinajstić information content (AvgIpc) is 3.30.